The van der Waals surface area contributed by atoms with Gasteiger partial charge in [0.25, 0.3) is 0 Å². The Kier molecular flexibility index (Phi) is 5.73. The van der Waals surface area contributed by atoms with Gasteiger partial charge in [-0.15, -0.1) is 0 Å². The van der Waals surface area contributed by atoms with E-state index in [2.05, 4.69) is 27.1 Å². The first-order valence-electron chi connectivity index (χ1n) is 9.31. The van der Waals surface area contributed by atoms with Gasteiger partial charge in [0.1, 0.15) is 5.82 Å². The van der Waals surface area contributed by atoms with Crippen molar-refractivity contribution in [2.75, 3.05) is 36.9 Å². The van der Waals surface area contributed by atoms with E-state index in [0.717, 1.165) is 50.3 Å². The fourth-order valence-electron chi connectivity index (χ4n) is 3.88. The van der Waals surface area contributed by atoms with Crippen molar-refractivity contribution < 1.29 is 9.53 Å². The van der Waals surface area contributed by atoms with E-state index in [1.165, 1.54) is 0 Å². The largest absolute Gasteiger partial charge is 0.381 e. The molecule has 138 valence electrons. The number of aryl methyl sites for hydroxylation is 1. The number of nitrogens with two attached hydrogens (primary N) is 1. The Morgan fingerprint density at radius 3 is 2.80 bits per heavy atom. The summed E-state index contributed by atoms with van der Waals surface area (Å²) in [7, 11) is 0. The number of hydrogen-bond acceptors (Lipinski definition) is 6. The van der Waals surface area contributed by atoms with Gasteiger partial charge in [0.2, 0.25) is 11.9 Å². The highest BCUT2D eigenvalue weighted by Crippen LogP contribution is 2.27. The van der Waals surface area contributed by atoms with Crippen molar-refractivity contribution in [2.45, 2.75) is 45.6 Å². The van der Waals surface area contributed by atoms with Gasteiger partial charge in [-0.3, -0.25) is 4.79 Å². The molecule has 7 nitrogen and oxygen atoms in total. The molecular formula is C18H29N5O2. The predicted molar refractivity (Wildman–Crippen MR) is 97.3 cm³/mol. The third-order valence-electron chi connectivity index (χ3n) is 5.20. The lowest BCUT2D eigenvalue weighted by Crippen LogP contribution is -2.44. The summed E-state index contributed by atoms with van der Waals surface area (Å²) in [5.41, 5.74) is 6.67. The van der Waals surface area contributed by atoms with Gasteiger partial charge in [-0.25, -0.2) is 4.98 Å². The van der Waals surface area contributed by atoms with Crippen molar-refractivity contribution in [2.24, 2.45) is 11.8 Å². The topological polar surface area (TPSA) is 93.4 Å². The number of rotatable bonds is 5. The summed E-state index contributed by atoms with van der Waals surface area (Å²) in [4.78, 5) is 23.4. The number of nitrogens with one attached hydrogen (secondary N) is 1. The first-order valence-corrected chi connectivity index (χ1v) is 9.31. The van der Waals surface area contributed by atoms with Crippen LogP contribution in [0.4, 0.5) is 11.8 Å². The number of nitrogen functional groups attached to an aromatic ring is 1. The van der Waals surface area contributed by atoms with Crippen LogP contribution in [0.15, 0.2) is 6.07 Å². The van der Waals surface area contributed by atoms with Gasteiger partial charge in [0.15, 0.2) is 0 Å². The molecule has 25 heavy (non-hydrogen) atoms. The zero-order valence-electron chi connectivity index (χ0n) is 15.2. The van der Waals surface area contributed by atoms with Crippen LogP contribution in [0.25, 0.3) is 0 Å². The van der Waals surface area contributed by atoms with Gasteiger partial charge in [0, 0.05) is 44.0 Å². The van der Waals surface area contributed by atoms with Gasteiger partial charge in [0.05, 0.1) is 6.04 Å². The summed E-state index contributed by atoms with van der Waals surface area (Å²) in [6, 6.07) is 2.12. The molecule has 0 aromatic carbocycles. The lowest BCUT2D eigenvalue weighted by molar-refractivity contribution is -0.128. The van der Waals surface area contributed by atoms with Crippen LogP contribution in [0, 0.1) is 18.8 Å². The van der Waals surface area contributed by atoms with E-state index in [9.17, 15) is 4.79 Å². The maximum Gasteiger partial charge on any atom is 0.223 e. The summed E-state index contributed by atoms with van der Waals surface area (Å²) in [6.07, 6.45) is 3.84. The quantitative estimate of drug-likeness (QED) is 0.839. The second-order valence-corrected chi connectivity index (χ2v) is 7.18. The highest BCUT2D eigenvalue weighted by atomic mass is 16.5. The Hall–Kier alpha value is -1.89. The van der Waals surface area contributed by atoms with Gasteiger partial charge in [-0.05, 0) is 32.1 Å². The fourth-order valence-corrected chi connectivity index (χ4v) is 3.88. The van der Waals surface area contributed by atoms with E-state index < -0.39 is 0 Å². The zero-order chi connectivity index (χ0) is 17.8. The van der Waals surface area contributed by atoms with Crippen molar-refractivity contribution in [3.05, 3.63) is 11.8 Å². The summed E-state index contributed by atoms with van der Waals surface area (Å²) in [5, 5.41) is 3.30. The van der Waals surface area contributed by atoms with E-state index >= 15 is 0 Å². The number of anilines is 2. The average Bonchev–Trinajstić information content (AvgIpc) is 2.98. The van der Waals surface area contributed by atoms with Gasteiger partial charge >= 0.3 is 0 Å². The number of amides is 1. The number of carbonyl (C=O) groups excluding carboxylic acids is 1. The van der Waals surface area contributed by atoms with E-state index in [1.54, 1.807) is 0 Å². The van der Waals surface area contributed by atoms with E-state index in [4.69, 9.17) is 10.5 Å². The van der Waals surface area contributed by atoms with Crippen LogP contribution in [0.3, 0.4) is 0 Å². The Morgan fingerprint density at radius 2 is 2.12 bits per heavy atom. The molecule has 0 bridgehead atoms. The Morgan fingerprint density at radius 1 is 1.36 bits per heavy atom. The average molecular weight is 347 g/mol. The minimum absolute atomic E-state index is 0.0852. The normalized spacial score (nSPS) is 24.5. The van der Waals surface area contributed by atoms with Crippen LogP contribution >= 0.6 is 0 Å². The number of nitrogens with zero attached hydrogens (tertiary/aromatic N) is 3. The van der Waals surface area contributed by atoms with Gasteiger partial charge in [-0.2, -0.15) is 4.98 Å². The molecule has 3 N–H and O–H groups in total. The Labute approximate surface area is 149 Å². The monoisotopic (exact) mass is 347 g/mol. The molecule has 1 aromatic heterocycles. The van der Waals surface area contributed by atoms with Crippen LogP contribution in [0.2, 0.25) is 0 Å². The van der Waals surface area contributed by atoms with Gasteiger partial charge in [-0.1, -0.05) is 13.3 Å². The fraction of sp³-hybridized carbons (Fsp3) is 0.722. The second-order valence-electron chi connectivity index (χ2n) is 7.18. The molecule has 1 amide bonds. The molecule has 2 atom stereocenters. The number of ether oxygens (including phenoxy) is 1. The van der Waals surface area contributed by atoms with Crippen LogP contribution < -0.4 is 16.0 Å². The van der Waals surface area contributed by atoms with Crippen LogP contribution in [-0.4, -0.2) is 48.2 Å². The Bertz CT molecular complexity index is 583. The minimum Gasteiger partial charge on any atom is -0.381 e. The molecule has 3 rings (SSSR count). The summed E-state index contributed by atoms with van der Waals surface area (Å²) in [6.45, 7) is 7.15. The van der Waals surface area contributed by atoms with E-state index in [1.807, 2.05) is 13.0 Å². The zero-order valence-corrected chi connectivity index (χ0v) is 15.2. The minimum atomic E-state index is 0.0852. The second kappa shape index (κ2) is 7.99. The number of hydrogen-bond donors (Lipinski definition) is 2. The standard InChI is InChI=1S/C18H29N5O2/c1-3-4-14-10-23(16-9-12(2)20-18(19)22-16)11-15(14)21-17(24)13-5-7-25-8-6-13/h9,13-15H,3-8,10-11H2,1-2H3,(H,21,24)(H2,19,20,22). The molecule has 2 aliphatic rings. The van der Waals surface area contributed by atoms with Crippen molar-refractivity contribution in [1.29, 1.82) is 0 Å². The summed E-state index contributed by atoms with van der Waals surface area (Å²) < 4.78 is 5.36. The SMILES string of the molecule is CCCC1CN(c2cc(C)nc(N)n2)CC1NC(=O)C1CCOCC1. The maximum absolute atomic E-state index is 12.6. The predicted octanol–water partition coefficient (Wildman–Crippen LogP) is 1.51. The lowest BCUT2D eigenvalue weighted by Gasteiger charge is -2.25. The van der Waals surface area contributed by atoms with Crippen molar-refractivity contribution in [1.82, 2.24) is 15.3 Å². The third kappa shape index (κ3) is 4.39. The molecule has 0 radical (unpaired) electrons. The van der Waals surface area contributed by atoms with Crippen LogP contribution in [-0.2, 0) is 9.53 Å². The molecule has 7 heteroatoms. The number of carbonyl (C=O) groups is 1. The maximum atomic E-state index is 12.6. The molecule has 2 fully saturated rings. The van der Waals surface area contributed by atoms with E-state index in [-0.39, 0.29) is 17.9 Å². The molecule has 3 heterocycles. The molecular weight excluding hydrogens is 318 g/mol. The van der Waals surface area contributed by atoms with Crippen molar-refractivity contribution >= 4 is 17.7 Å². The summed E-state index contributed by atoms with van der Waals surface area (Å²) in [5.74, 6) is 1.85. The lowest BCUT2D eigenvalue weighted by atomic mass is 9.95. The molecule has 2 unspecified atom stereocenters. The smallest absolute Gasteiger partial charge is 0.223 e. The third-order valence-corrected chi connectivity index (χ3v) is 5.20. The molecule has 1 aromatic rings. The van der Waals surface area contributed by atoms with E-state index in [0.29, 0.717) is 25.1 Å². The number of aromatic nitrogens is 2. The van der Waals surface area contributed by atoms with Gasteiger partial charge < -0.3 is 20.7 Å². The Balaban J connectivity index is 1.68. The molecule has 2 aliphatic heterocycles. The highest BCUT2D eigenvalue weighted by molar-refractivity contribution is 5.79. The highest BCUT2D eigenvalue weighted by Gasteiger charge is 2.35. The first-order chi connectivity index (χ1) is 12.1. The molecule has 0 saturated carbocycles. The molecule has 2 saturated heterocycles. The van der Waals surface area contributed by atoms with Crippen molar-refractivity contribution in [3.63, 3.8) is 0 Å². The van der Waals surface area contributed by atoms with Crippen molar-refractivity contribution in [3.8, 4) is 0 Å². The van der Waals surface area contributed by atoms with Crippen LogP contribution in [0.1, 0.15) is 38.3 Å². The van der Waals surface area contributed by atoms with Crippen LogP contribution in [0.5, 0.6) is 0 Å². The first kappa shape index (κ1) is 17.9. The molecule has 0 aliphatic carbocycles. The summed E-state index contributed by atoms with van der Waals surface area (Å²) >= 11 is 0. The molecule has 0 spiro atoms.